The molecule has 1 heterocycles. The highest BCUT2D eigenvalue weighted by Gasteiger charge is 2.35. The summed E-state index contributed by atoms with van der Waals surface area (Å²) >= 11 is 4.95. The molecule has 1 unspecified atom stereocenters. The quantitative estimate of drug-likeness (QED) is 0.759. The predicted octanol–water partition coefficient (Wildman–Crippen LogP) is 0.851. The van der Waals surface area contributed by atoms with Crippen LogP contribution >= 0.6 is 12.2 Å². The highest BCUT2D eigenvalue weighted by molar-refractivity contribution is 7.80. The molecule has 0 saturated carbocycles. The van der Waals surface area contributed by atoms with Gasteiger partial charge in [-0.15, -0.1) is 0 Å². The van der Waals surface area contributed by atoms with Crippen LogP contribution in [0.5, 0.6) is 0 Å². The van der Waals surface area contributed by atoms with Crippen LogP contribution in [0.1, 0.15) is 26.7 Å². The zero-order valence-electron chi connectivity index (χ0n) is 11.2. The lowest BCUT2D eigenvalue weighted by Crippen LogP contribution is -2.48. The standard InChI is InChI=1S/C12H23N3OS/c1-12(2,10(13)17)11(16)15(4)8-9-6-5-7-14(9)3/h9H,5-8H2,1-4H3,(H2,13,17). The van der Waals surface area contributed by atoms with E-state index in [-0.39, 0.29) is 10.9 Å². The Bertz CT molecular complexity index is 317. The number of amides is 1. The van der Waals surface area contributed by atoms with Crippen molar-refractivity contribution in [3.8, 4) is 0 Å². The fourth-order valence-electron chi connectivity index (χ4n) is 2.19. The van der Waals surface area contributed by atoms with Crippen molar-refractivity contribution in [1.29, 1.82) is 0 Å². The van der Waals surface area contributed by atoms with Crippen LogP contribution in [0.4, 0.5) is 0 Å². The third kappa shape index (κ3) is 3.16. The molecule has 1 aliphatic heterocycles. The normalized spacial score (nSPS) is 21.5. The van der Waals surface area contributed by atoms with E-state index in [9.17, 15) is 4.79 Å². The SMILES string of the molecule is CN(CC1CCCN1C)C(=O)C(C)(C)C(N)=S. The molecule has 1 amide bonds. The van der Waals surface area contributed by atoms with Crippen molar-refractivity contribution in [2.45, 2.75) is 32.7 Å². The number of thiocarbonyl (C=S) groups is 1. The average Bonchev–Trinajstić information content (AvgIpc) is 2.63. The van der Waals surface area contributed by atoms with Gasteiger partial charge in [0.1, 0.15) is 0 Å². The van der Waals surface area contributed by atoms with Crippen molar-refractivity contribution < 1.29 is 4.79 Å². The molecule has 0 aromatic carbocycles. The smallest absolute Gasteiger partial charge is 0.234 e. The van der Waals surface area contributed by atoms with Gasteiger partial charge >= 0.3 is 0 Å². The van der Waals surface area contributed by atoms with Gasteiger partial charge in [-0.05, 0) is 40.3 Å². The van der Waals surface area contributed by atoms with E-state index in [2.05, 4.69) is 11.9 Å². The molecule has 0 spiro atoms. The number of rotatable bonds is 4. The van der Waals surface area contributed by atoms with Gasteiger partial charge in [-0.25, -0.2) is 0 Å². The van der Waals surface area contributed by atoms with Gasteiger partial charge in [-0.2, -0.15) is 0 Å². The molecule has 0 bridgehead atoms. The molecule has 1 aliphatic rings. The molecule has 0 aromatic heterocycles. The van der Waals surface area contributed by atoms with E-state index in [4.69, 9.17) is 18.0 Å². The minimum absolute atomic E-state index is 0.00491. The number of carbonyl (C=O) groups excluding carboxylic acids is 1. The summed E-state index contributed by atoms with van der Waals surface area (Å²) in [6.45, 7) is 5.44. The summed E-state index contributed by atoms with van der Waals surface area (Å²) in [4.78, 5) is 16.6. The Labute approximate surface area is 109 Å². The second kappa shape index (κ2) is 5.31. The number of hydrogen-bond donors (Lipinski definition) is 1. The van der Waals surface area contributed by atoms with Crippen LogP contribution in [-0.4, -0.2) is 53.9 Å². The monoisotopic (exact) mass is 257 g/mol. The third-order valence-electron chi connectivity index (χ3n) is 3.65. The highest BCUT2D eigenvalue weighted by atomic mass is 32.1. The Morgan fingerprint density at radius 1 is 1.59 bits per heavy atom. The molecule has 0 radical (unpaired) electrons. The maximum Gasteiger partial charge on any atom is 0.234 e. The van der Waals surface area contributed by atoms with Gasteiger partial charge in [0.05, 0.1) is 10.4 Å². The summed E-state index contributed by atoms with van der Waals surface area (Å²) in [7, 11) is 3.93. The zero-order valence-corrected chi connectivity index (χ0v) is 12.0. The Kier molecular flexibility index (Phi) is 4.49. The largest absolute Gasteiger partial charge is 0.392 e. The second-order valence-electron chi connectivity index (χ2n) is 5.45. The molecule has 98 valence electrons. The van der Waals surface area contributed by atoms with Crippen LogP contribution in [0.2, 0.25) is 0 Å². The molecule has 2 N–H and O–H groups in total. The molecule has 1 saturated heterocycles. The van der Waals surface area contributed by atoms with Gasteiger partial charge in [0.2, 0.25) is 5.91 Å². The summed E-state index contributed by atoms with van der Waals surface area (Å²) in [6, 6.07) is 0.464. The van der Waals surface area contributed by atoms with Crippen molar-refractivity contribution in [2.75, 3.05) is 27.2 Å². The zero-order chi connectivity index (χ0) is 13.2. The van der Waals surface area contributed by atoms with E-state index in [1.807, 2.05) is 7.05 Å². The van der Waals surface area contributed by atoms with Crippen molar-refractivity contribution in [2.24, 2.45) is 11.1 Å². The first kappa shape index (κ1) is 14.4. The van der Waals surface area contributed by atoms with E-state index in [1.165, 1.54) is 6.42 Å². The number of nitrogens with zero attached hydrogens (tertiary/aromatic N) is 2. The first-order valence-corrected chi connectivity index (χ1v) is 6.43. The number of hydrogen-bond acceptors (Lipinski definition) is 3. The first-order valence-electron chi connectivity index (χ1n) is 6.02. The highest BCUT2D eigenvalue weighted by Crippen LogP contribution is 2.21. The fraction of sp³-hybridized carbons (Fsp3) is 0.833. The Balaban J connectivity index is 2.61. The van der Waals surface area contributed by atoms with Crippen LogP contribution in [0, 0.1) is 5.41 Å². The molecule has 17 heavy (non-hydrogen) atoms. The maximum absolute atomic E-state index is 12.2. The maximum atomic E-state index is 12.2. The molecular formula is C12H23N3OS. The summed E-state index contributed by atoms with van der Waals surface area (Å²) < 4.78 is 0. The summed E-state index contributed by atoms with van der Waals surface area (Å²) in [5, 5.41) is 0. The second-order valence-corrected chi connectivity index (χ2v) is 5.89. The first-order chi connectivity index (χ1) is 7.76. The van der Waals surface area contributed by atoms with Crippen LogP contribution < -0.4 is 5.73 Å². The molecule has 1 rings (SSSR count). The van der Waals surface area contributed by atoms with Gasteiger partial charge in [0, 0.05) is 19.6 Å². The Hall–Kier alpha value is -0.680. The van der Waals surface area contributed by atoms with E-state index in [1.54, 1.807) is 18.7 Å². The molecule has 4 nitrogen and oxygen atoms in total. The van der Waals surface area contributed by atoms with Crippen LogP contribution in [0.25, 0.3) is 0 Å². The lowest BCUT2D eigenvalue weighted by Gasteiger charge is -2.31. The molecule has 0 aromatic rings. The third-order valence-corrected chi connectivity index (χ3v) is 4.16. The van der Waals surface area contributed by atoms with Crippen LogP contribution in [0.3, 0.4) is 0 Å². The van der Waals surface area contributed by atoms with Gasteiger partial charge in [0.25, 0.3) is 0 Å². The Morgan fingerprint density at radius 3 is 2.59 bits per heavy atom. The minimum atomic E-state index is -0.749. The van der Waals surface area contributed by atoms with Gasteiger partial charge in [-0.1, -0.05) is 12.2 Å². The van der Waals surface area contributed by atoms with Crippen molar-refractivity contribution in [1.82, 2.24) is 9.80 Å². The average molecular weight is 257 g/mol. The molecular weight excluding hydrogens is 234 g/mol. The van der Waals surface area contributed by atoms with Gasteiger partial charge < -0.3 is 15.5 Å². The van der Waals surface area contributed by atoms with Crippen LogP contribution in [-0.2, 0) is 4.79 Å². The predicted molar refractivity (Wildman–Crippen MR) is 73.9 cm³/mol. The summed E-state index contributed by atoms with van der Waals surface area (Å²) in [6.07, 6.45) is 2.36. The topological polar surface area (TPSA) is 49.6 Å². The molecule has 1 atom stereocenters. The van der Waals surface area contributed by atoms with E-state index in [0.717, 1.165) is 19.5 Å². The van der Waals surface area contributed by atoms with Gasteiger partial charge in [-0.3, -0.25) is 4.79 Å². The molecule has 5 heteroatoms. The number of nitrogens with two attached hydrogens (primary N) is 1. The van der Waals surface area contributed by atoms with Crippen LogP contribution in [0.15, 0.2) is 0 Å². The summed E-state index contributed by atoms with van der Waals surface area (Å²) in [5.41, 5.74) is 4.87. The lowest BCUT2D eigenvalue weighted by molar-refractivity contribution is -0.136. The van der Waals surface area contributed by atoms with E-state index in [0.29, 0.717) is 6.04 Å². The van der Waals surface area contributed by atoms with Crippen molar-refractivity contribution in [3.63, 3.8) is 0 Å². The fourth-order valence-corrected chi connectivity index (χ4v) is 2.28. The molecule has 0 aliphatic carbocycles. The lowest BCUT2D eigenvalue weighted by atomic mass is 9.91. The number of likely N-dealkylation sites (tertiary alicyclic amines) is 1. The minimum Gasteiger partial charge on any atom is -0.392 e. The number of likely N-dealkylation sites (N-methyl/N-ethyl adjacent to an activating group) is 2. The van der Waals surface area contributed by atoms with E-state index >= 15 is 0 Å². The van der Waals surface area contributed by atoms with E-state index < -0.39 is 5.41 Å². The van der Waals surface area contributed by atoms with Crippen molar-refractivity contribution >= 4 is 23.1 Å². The molecule has 1 fully saturated rings. The Morgan fingerprint density at radius 2 is 2.18 bits per heavy atom. The number of carbonyl (C=O) groups is 1. The van der Waals surface area contributed by atoms with Crippen molar-refractivity contribution in [3.05, 3.63) is 0 Å². The van der Waals surface area contributed by atoms with Gasteiger partial charge in [0.15, 0.2) is 0 Å². The summed E-state index contributed by atoms with van der Waals surface area (Å²) in [5.74, 6) is 0.00491.